The number of anilines is 2. The van der Waals surface area contributed by atoms with Crippen molar-refractivity contribution in [2.45, 2.75) is 33.4 Å². The van der Waals surface area contributed by atoms with Gasteiger partial charge in [0.1, 0.15) is 0 Å². The molecule has 0 atom stereocenters. The Morgan fingerprint density at radius 3 is 2.19 bits per heavy atom. The van der Waals surface area contributed by atoms with E-state index >= 15 is 0 Å². The summed E-state index contributed by atoms with van der Waals surface area (Å²) in [6, 6.07) is 18.8. The van der Waals surface area contributed by atoms with Crippen LogP contribution in [0.1, 0.15) is 26.3 Å². The summed E-state index contributed by atoms with van der Waals surface area (Å²) in [4.78, 5) is 13.4. The van der Waals surface area contributed by atoms with E-state index in [4.69, 9.17) is 0 Å². The van der Waals surface area contributed by atoms with Crippen molar-refractivity contribution in [1.82, 2.24) is 0 Å². The Balaban J connectivity index is 2.16. The summed E-state index contributed by atoms with van der Waals surface area (Å²) in [5.41, 5.74) is 3.27. The maximum absolute atomic E-state index is 11.1. The van der Waals surface area contributed by atoms with Crippen molar-refractivity contribution >= 4 is 17.3 Å². The lowest BCUT2D eigenvalue weighted by Crippen LogP contribution is -2.30. The van der Waals surface area contributed by atoms with Gasteiger partial charge in [0.25, 0.3) is 0 Å². The van der Waals surface area contributed by atoms with Crippen LogP contribution in [0.15, 0.2) is 54.6 Å². The number of benzene rings is 2. The van der Waals surface area contributed by atoms with Crippen LogP contribution >= 0.6 is 0 Å². The molecule has 0 fully saturated rings. The van der Waals surface area contributed by atoms with E-state index in [1.807, 2.05) is 30.3 Å². The van der Waals surface area contributed by atoms with Crippen LogP contribution in [0.25, 0.3) is 0 Å². The van der Waals surface area contributed by atoms with Gasteiger partial charge in [-0.25, -0.2) is 0 Å². The topological polar surface area (TPSA) is 32.3 Å². The standard InChI is InChI=1S/C18H22N2O/c1-14(2)20(13-16-7-5-4-6-8-16)18-11-9-17(10-12-18)19-15(3)21/h4-12,14H,13H2,1-3H3,(H,19,21). The van der Waals surface area contributed by atoms with Gasteiger partial charge in [-0.1, -0.05) is 30.3 Å². The predicted molar refractivity (Wildman–Crippen MR) is 88.5 cm³/mol. The zero-order valence-corrected chi connectivity index (χ0v) is 12.8. The van der Waals surface area contributed by atoms with E-state index in [2.05, 4.69) is 48.3 Å². The van der Waals surface area contributed by atoms with Gasteiger partial charge in [-0.05, 0) is 43.7 Å². The molecule has 0 aliphatic rings. The highest BCUT2D eigenvalue weighted by Gasteiger charge is 2.11. The smallest absolute Gasteiger partial charge is 0.221 e. The van der Waals surface area contributed by atoms with Crippen LogP contribution in [0.5, 0.6) is 0 Å². The maximum Gasteiger partial charge on any atom is 0.221 e. The van der Waals surface area contributed by atoms with E-state index in [1.54, 1.807) is 0 Å². The van der Waals surface area contributed by atoms with Crippen molar-refractivity contribution in [3.05, 3.63) is 60.2 Å². The molecule has 0 heterocycles. The van der Waals surface area contributed by atoms with E-state index in [0.717, 1.165) is 17.9 Å². The quantitative estimate of drug-likeness (QED) is 0.897. The molecule has 21 heavy (non-hydrogen) atoms. The second-order valence-electron chi connectivity index (χ2n) is 5.44. The Morgan fingerprint density at radius 1 is 1.05 bits per heavy atom. The monoisotopic (exact) mass is 282 g/mol. The van der Waals surface area contributed by atoms with Crippen molar-refractivity contribution in [1.29, 1.82) is 0 Å². The molecule has 0 spiro atoms. The molecule has 3 nitrogen and oxygen atoms in total. The number of nitrogens with one attached hydrogen (secondary N) is 1. The normalized spacial score (nSPS) is 10.5. The second-order valence-corrected chi connectivity index (χ2v) is 5.44. The highest BCUT2D eigenvalue weighted by molar-refractivity contribution is 5.88. The molecule has 2 aromatic rings. The molecule has 1 amide bonds. The minimum absolute atomic E-state index is 0.0484. The Kier molecular flexibility index (Phi) is 4.99. The first-order chi connectivity index (χ1) is 10.1. The van der Waals surface area contributed by atoms with Crippen LogP contribution in [0.4, 0.5) is 11.4 Å². The molecule has 2 aromatic carbocycles. The maximum atomic E-state index is 11.1. The third kappa shape index (κ3) is 4.35. The molecule has 0 aliphatic carbocycles. The zero-order chi connectivity index (χ0) is 15.2. The molecular formula is C18H22N2O. The van der Waals surface area contributed by atoms with E-state index in [9.17, 15) is 4.79 Å². The minimum Gasteiger partial charge on any atom is -0.365 e. The van der Waals surface area contributed by atoms with Crippen molar-refractivity contribution in [3.63, 3.8) is 0 Å². The highest BCUT2D eigenvalue weighted by atomic mass is 16.1. The summed E-state index contributed by atoms with van der Waals surface area (Å²) < 4.78 is 0. The average molecular weight is 282 g/mol. The van der Waals surface area contributed by atoms with Gasteiger partial charge in [0.05, 0.1) is 0 Å². The van der Waals surface area contributed by atoms with Crippen LogP contribution in [-0.4, -0.2) is 11.9 Å². The lowest BCUT2D eigenvalue weighted by molar-refractivity contribution is -0.114. The average Bonchev–Trinajstić information content (AvgIpc) is 2.46. The molecule has 3 heteroatoms. The van der Waals surface area contributed by atoms with Gasteiger partial charge in [-0.2, -0.15) is 0 Å². The molecule has 110 valence electrons. The number of nitrogens with zero attached hydrogens (tertiary/aromatic N) is 1. The number of rotatable bonds is 5. The Labute approximate surface area is 126 Å². The molecule has 0 radical (unpaired) electrons. The fraction of sp³-hybridized carbons (Fsp3) is 0.278. The first-order valence-corrected chi connectivity index (χ1v) is 7.24. The van der Waals surface area contributed by atoms with Gasteiger partial charge < -0.3 is 10.2 Å². The Morgan fingerprint density at radius 2 is 1.67 bits per heavy atom. The third-order valence-electron chi connectivity index (χ3n) is 3.34. The molecule has 0 unspecified atom stereocenters. The van der Waals surface area contributed by atoms with E-state index in [1.165, 1.54) is 12.5 Å². The van der Waals surface area contributed by atoms with Gasteiger partial charge in [0.2, 0.25) is 5.91 Å². The number of hydrogen-bond donors (Lipinski definition) is 1. The van der Waals surface area contributed by atoms with Crippen LogP contribution < -0.4 is 10.2 Å². The van der Waals surface area contributed by atoms with Crippen LogP contribution in [0.2, 0.25) is 0 Å². The fourth-order valence-electron chi connectivity index (χ4n) is 2.29. The third-order valence-corrected chi connectivity index (χ3v) is 3.34. The molecule has 0 aromatic heterocycles. The summed E-state index contributed by atoms with van der Waals surface area (Å²) in [7, 11) is 0. The van der Waals surface area contributed by atoms with Gasteiger partial charge in [-0.3, -0.25) is 4.79 Å². The molecule has 0 bridgehead atoms. The summed E-state index contributed by atoms with van der Waals surface area (Å²) in [5.74, 6) is -0.0484. The molecule has 0 aliphatic heterocycles. The van der Waals surface area contributed by atoms with Crippen molar-refractivity contribution in [3.8, 4) is 0 Å². The number of amides is 1. The molecule has 0 saturated heterocycles. The van der Waals surface area contributed by atoms with Crippen molar-refractivity contribution in [2.75, 3.05) is 10.2 Å². The summed E-state index contributed by atoms with van der Waals surface area (Å²) >= 11 is 0. The lowest BCUT2D eigenvalue weighted by atomic mass is 10.1. The van der Waals surface area contributed by atoms with Crippen LogP contribution in [0.3, 0.4) is 0 Å². The molecular weight excluding hydrogens is 260 g/mol. The van der Waals surface area contributed by atoms with Crippen LogP contribution in [-0.2, 0) is 11.3 Å². The van der Waals surface area contributed by atoms with E-state index < -0.39 is 0 Å². The Bertz CT molecular complexity index is 576. The van der Waals surface area contributed by atoms with Crippen molar-refractivity contribution < 1.29 is 4.79 Å². The number of carbonyl (C=O) groups excluding carboxylic acids is 1. The highest BCUT2D eigenvalue weighted by Crippen LogP contribution is 2.22. The molecule has 0 saturated carbocycles. The minimum atomic E-state index is -0.0484. The first kappa shape index (κ1) is 15.1. The zero-order valence-electron chi connectivity index (χ0n) is 12.8. The number of hydrogen-bond acceptors (Lipinski definition) is 2. The van der Waals surface area contributed by atoms with E-state index in [-0.39, 0.29) is 5.91 Å². The first-order valence-electron chi connectivity index (χ1n) is 7.24. The van der Waals surface area contributed by atoms with E-state index in [0.29, 0.717) is 6.04 Å². The summed E-state index contributed by atoms with van der Waals surface area (Å²) in [6.07, 6.45) is 0. The number of carbonyl (C=O) groups is 1. The van der Waals surface area contributed by atoms with Gasteiger partial charge in [-0.15, -0.1) is 0 Å². The predicted octanol–water partition coefficient (Wildman–Crippen LogP) is 4.06. The van der Waals surface area contributed by atoms with Gasteiger partial charge in [0.15, 0.2) is 0 Å². The van der Waals surface area contributed by atoms with Crippen molar-refractivity contribution in [2.24, 2.45) is 0 Å². The Hall–Kier alpha value is -2.29. The largest absolute Gasteiger partial charge is 0.365 e. The molecule has 1 N–H and O–H groups in total. The second kappa shape index (κ2) is 6.93. The van der Waals surface area contributed by atoms with Crippen LogP contribution in [0, 0.1) is 0 Å². The van der Waals surface area contributed by atoms with Gasteiger partial charge >= 0.3 is 0 Å². The van der Waals surface area contributed by atoms with Gasteiger partial charge in [0, 0.05) is 30.9 Å². The summed E-state index contributed by atoms with van der Waals surface area (Å²) in [6.45, 7) is 6.76. The lowest BCUT2D eigenvalue weighted by Gasteiger charge is -2.29. The fourth-order valence-corrected chi connectivity index (χ4v) is 2.29. The summed E-state index contributed by atoms with van der Waals surface area (Å²) in [5, 5.41) is 2.79. The molecule has 2 rings (SSSR count). The SMILES string of the molecule is CC(=O)Nc1ccc(N(Cc2ccccc2)C(C)C)cc1.